The number of hydrogen-bond acceptors (Lipinski definition) is 3. The number of halogens is 3. The molecule has 0 heterocycles. The molecule has 6 heteroatoms. The van der Waals surface area contributed by atoms with Gasteiger partial charge in [0.05, 0.1) is 10.6 Å². The Morgan fingerprint density at radius 1 is 1.30 bits per heavy atom. The lowest BCUT2D eigenvalue weighted by molar-refractivity contribution is -0.114. The second kappa shape index (κ2) is 7.43. The van der Waals surface area contributed by atoms with E-state index in [2.05, 4.69) is 0 Å². The highest BCUT2D eigenvalue weighted by Gasteiger charge is 2.20. The molecule has 0 N–H and O–H groups in total. The quantitative estimate of drug-likeness (QED) is 0.550. The zero-order valence-corrected chi connectivity index (χ0v) is 13.7. The van der Waals surface area contributed by atoms with E-state index in [4.69, 9.17) is 23.2 Å². The molecule has 0 aliphatic heterocycles. The van der Waals surface area contributed by atoms with Gasteiger partial charge >= 0.3 is 0 Å². The van der Waals surface area contributed by atoms with Crippen LogP contribution in [0.4, 0.5) is 4.39 Å². The molecule has 110 valence electrons. The first-order valence-electron chi connectivity index (χ1n) is 6.13. The number of carbonyl (C=O) groups excluding carboxylic acids is 2. The molecule has 0 aliphatic carbocycles. The van der Waals surface area contributed by atoms with Gasteiger partial charge in [0.25, 0.3) is 5.24 Å². The molecular formula is C14H15Cl2FO2S. The third-order valence-corrected chi connectivity index (χ3v) is 4.46. The second-order valence-electron chi connectivity index (χ2n) is 4.99. The van der Waals surface area contributed by atoms with Crippen molar-refractivity contribution in [1.82, 2.24) is 0 Å². The first-order chi connectivity index (χ1) is 9.22. The molecular weight excluding hydrogens is 322 g/mol. The van der Waals surface area contributed by atoms with Gasteiger partial charge in [0.1, 0.15) is 5.82 Å². The standard InChI is InChI=1S/C14H15Cl2FO2S/c1-7(2)4-8(3)14(19)20-12-5-9(13(16)18)11(17)6-10(12)15/h5-8H,4H2,1-3H3. The van der Waals surface area contributed by atoms with E-state index in [0.717, 1.165) is 24.2 Å². The molecule has 0 bridgehead atoms. The Bertz CT molecular complexity index is 532. The van der Waals surface area contributed by atoms with Crippen molar-refractivity contribution in [1.29, 1.82) is 0 Å². The predicted octanol–water partition coefficient (Wildman–Crippen LogP) is 5.16. The minimum Gasteiger partial charge on any atom is -0.287 e. The van der Waals surface area contributed by atoms with Crippen LogP contribution in [-0.2, 0) is 4.79 Å². The van der Waals surface area contributed by atoms with Gasteiger partial charge in [-0.25, -0.2) is 4.39 Å². The van der Waals surface area contributed by atoms with E-state index in [1.165, 1.54) is 6.07 Å². The summed E-state index contributed by atoms with van der Waals surface area (Å²) in [4.78, 5) is 23.5. The highest BCUT2D eigenvalue weighted by Crippen LogP contribution is 2.33. The van der Waals surface area contributed by atoms with Crippen LogP contribution in [0.25, 0.3) is 0 Å². The fraction of sp³-hybridized carbons (Fsp3) is 0.429. The summed E-state index contributed by atoms with van der Waals surface area (Å²) in [6, 6.07) is 2.22. The maximum atomic E-state index is 13.5. The van der Waals surface area contributed by atoms with Crippen LogP contribution in [0.15, 0.2) is 17.0 Å². The van der Waals surface area contributed by atoms with Crippen LogP contribution in [0.1, 0.15) is 37.6 Å². The van der Waals surface area contributed by atoms with E-state index in [1.54, 1.807) is 0 Å². The van der Waals surface area contributed by atoms with E-state index in [1.807, 2.05) is 20.8 Å². The fourth-order valence-electron chi connectivity index (χ4n) is 1.77. The molecule has 1 aromatic carbocycles. The number of thioether (sulfide) groups is 1. The molecule has 0 saturated heterocycles. The van der Waals surface area contributed by atoms with Crippen LogP contribution in [0.2, 0.25) is 5.02 Å². The normalized spacial score (nSPS) is 12.6. The summed E-state index contributed by atoms with van der Waals surface area (Å²) in [5.41, 5.74) is -0.275. The third-order valence-electron chi connectivity index (χ3n) is 2.67. The first-order valence-corrected chi connectivity index (χ1v) is 7.70. The maximum absolute atomic E-state index is 13.5. The number of rotatable bonds is 5. The minimum atomic E-state index is -0.913. The van der Waals surface area contributed by atoms with Crippen LogP contribution in [0.5, 0.6) is 0 Å². The molecule has 0 radical (unpaired) electrons. The van der Waals surface area contributed by atoms with Gasteiger partial charge in [-0.05, 0) is 36.1 Å². The maximum Gasteiger partial charge on any atom is 0.255 e. The Labute approximate surface area is 132 Å². The molecule has 0 aliphatic rings. The van der Waals surface area contributed by atoms with Crippen LogP contribution >= 0.6 is 35.0 Å². The van der Waals surface area contributed by atoms with Gasteiger partial charge in [0, 0.05) is 10.8 Å². The van der Waals surface area contributed by atoms with Gasteiger partial charge < -0.3 is 0 Å². The van der Waals surface area contributed by atoms with Crippen molar-refractivity contribution in [3.63, 3.8) is 0 Å². The van der Waals surface area contributed by atoms with Crippen LogP contribution in [0.3, 0.4) is 0 Å². The van der Waals surface area contributed by atoms with Crippen molar-refractivity contribution >= 4 is 45.3 Å². The van der Waals surface area contributed by atoms with Crippen LogP contribution in [-0.4, -0.2) is 10.4 Å². The van der Waals surface area contributed by atoms with Gasteiger partial charge in [-0.15, -0.1) is 0 Å². The highest BCUT2D eigenvalue weighted by molar-refractivity contribution is 8.13. The van der Waals surface area contributed by atoms with Gasteiger partial charge in [-0.2, -0.15) is 0 Å². The largest absolute Gasteiger partial charge is 0.287 e. The summed E-state index contributed by atoms with van der Waals surface area (Å²) in [6.45, 7) is 5.90. The summed E-state index contributed by atoms with van der Waals surface area (Å²) in [5, 5.41) is -0.886. The van der Waals surface area contributed by atoms with Gasteiger partial charge in [0.2, 0.25) is 0 Å². The minimum absolute atomic E-state index is 0.0693. The van der Waals surface area contributed by atoms with Crippen molar-refractivity contribution in [2.24, 2.45) is 11.8 Å². The summed E-state index contributed by atoms with van der Waals surface area (Å²) in [5.74, 6) is -0.531. The molecule has 1 unspecified atom stereocenters. The molecule has 0 amide bonds. The van der Waals surface area contributed by atoms with Crippen LogP contribution in [0, 0.1) is 17.7 Å². The molecule has 2 nitrogen and oxygen atoms in total. The van der Waals surface area contributed by atoms with E-state index < -0.39 is 11.1 Å². The van der Waals surface area contributed by atoms with E-state index in [9.17, 15) is 14.0 Å². The topological polar surface area (TPSA) is 34.1 Å². The molecule has 1 atom stereocenters. The van der Waals surface area contributed by atoms with Crippen molar-refractivity contribution in [3.8, 4) is 0 Å². The Morgan fingerprint density at radius 2 is 1.90 bits per heavy atom. The van der Waals surface area contributed by atoms with E-state index >= 15 is 0 Å². The number of carbonyl (C=O) groups is 2. The van der Waals surface area contributed by atoms with Crippen molar-refractivity contribution in [2.45, 2.75) is 32.1 Å². The Hall–Kier alpha value is -0.580. The zero-order valence-electron chi connectivity index (χ0n) is 11.4. The van der Waals surface area contributed by atoms with E-state index in [-0.39, 0.29) is 21.6 Å². The Balaban J connectivity index is 2.95. The Kier molecular flexibility index (Phi) is 6.49. The predicted molar refractivity (Wildman–Crippen MR) is 81.1 cm³/mol. The smallest absolute Gasteiger partial charge is 0.255 e. The van der Waals surface area contributed by atoms with Crippen molar-refractivity contribution in [2.75, 3.05) is 0 Å². The average molecular weight is 337 g/mol. The third kappa shape index (κ3) is 4.76. The average Bonchev–Trinajstić information content (AvgIpc) is 2.30. The Morgan fingerprint density at radius 3 is 2.40 bits per heavy atom. The SMILES string of the molecule is CC(C)CC(C)C(=O)Sc1cc(C(=O)Cl)c(F)cc1Cl. The molecule has 0 aromatic heterocycles. The fourth-order valence-corrected chi connectivity index (χ4v) is 3.03. The van der Waals surface area contributed by atoms with Gasteiger partial charge in [0.15, 0.2) is 5.12 Å². The van der Waals surface area contributed by atoms with Crippen LogP contribution < -0.4 is 0 Å². The highest BCUT2D eigenvalue weighted by atomic mass is 35.5. The molecule has 1 rings (SSSR count). The second-order valence-corrected chi connectivity index (χ2v) is 6.78. The summed E-state index contributed by atoms with van der Waals surface area (Å²) in [7, 11) is 0. The monoisotopic (exact) mass is 336 g/mol. The molecule has 0 spiro atoms. The van der Waals surface area contributed by atoms with Gasteiger partial charge in [-0.1, -0.05) is 44.1 Å². The molecule has 0 saturated carbocycles. The lowest BCUT2D eigenvalue weighted by Crippen LogP contribution is -2.10. The number of hydrogen-bond donors (Lipinski definition) is 0. The first kappa shape index (κ1) is 17.5. The summed E-state index contributed by atoms with van der Waals surface area (Å²) < 4.78 is 13.5. The lowest BCUT2D eigenvalue weighted by Gasteiger charge is -2.13. The number of benzene rings is 1. The van der Waals surface area contributed by atoms with Crippen molar-refractivity contribution < 1.29 is 14.0 Å². The van der Waals surface area contributed by atoms with E-state index in [0.29, 0.717) is 10.8 Å². The summed E-state index contributed by atoms with van der Waals surface area (Å²) in [6.07, 6.45) is 0.756. The van der Waals surface area contributed by atoms with Crippen molar-refractivity contribution in [3.05, 3.63) is 28.5 Å². The lowest BCUT2D eigenvalue weighted by atomic mass is 10.0. The molecule has 20 heavy (non-hydrogen) atoms. The molecule has 0 fully saturated rings. The van der Waals surface area contributed by atoms with Gasteiger partial charge in [-0.3, -0.25) is 9.59 Å². The summed E-state index contributed by atoms with van der Waals surface area (Å²) >= 11 is 12.1. The zero-order chi connectivity index (χ0) is 15.4. The molecule has 1 aromatic rings.